The average Bonchev–Trinajstić information content (AvgIpc) is 3.12. The molecule has 0 bridgehead atoms. The molecule has 10 heteroatoms. The van der Waals surface area contributed by atoms with E-state index in [1.54, 1.807) is 10.3 Å². The summed E-state index contributed by atoms with van der Waals surface area (Å²) in [5, 5.41) is 1.57. The van der Waals surface area contributed by atoms with Crippen LogP contribution in [0.3, 0.4) is 0 Å². The van der Waals surface area contributed by atoms with E-state index >= 15 is 0 Å². The van der Waals surface area contributed by atoms with Gasteiger partial charge in [0.15, 0.2) is 0 Å². The first-order valence-corrected chi connectivity index (χ1v) is 10.4. The van der Waals surface area contributed by atoms with Crippen LogP contribution in [-0.2, 0) is 19.5 Å². The number of esters is 1. The highest BCUT2D eigenvalue weighted by Crippen LogP contribution is 2.29. The number of rotatable bonds is 4. The van der Waals surface area contributed by atoms with Gasteiger partial charge in [-0.1, -0.05) is 0 Å². The van der Waals surface area contributed by atoms with Crippen molar-refractivity contribution in [3.8, 4) is 0 Å². The van der Waals surface area contributed by atoms with Gasteiger partial charge in [-0.2, -0.15) is 4.31 Å². The number of amides is 1. The second-order valence-corrected chi connectivity index (χ2v) is 8.72. The smallest absolute Gasteiger partial charge is 0.410 e. The first kappa shape index (κ1) is 18.2. The van der Waals surface area contributed by atoms with Crippen molar-refractivity contribution < 1.29 is 27.5 Å². The molecular formula is C15H20N2O6S2. The van der Waals surface area contributed by atoms with E-state index in [1.807, 2.05) is 0 Å². The summed E-state index contributed by atoms with van der Waals surface area (Å²) in [6, 6.07) is 1.42. The van der Waals surface area contributed by atoms with Gasteiger partial charge in [0.1, 0.15) is 9.77 Å². The molecule has 2 aliphatic rings. The monoisotopic (exact) mass is 388 g/mol. The maximum absolute atomic E-state index is 12.9. The Labute approximate surface area is 150 Å². The van der Waals surface area contributed by atoms with Crippen LogP contribution in [0.25, 0.3) is 0 Å². The van der Waals surface area contributed by atoms with Gasteiger partial charge >= 0.3 is 12.1 Å². The lowest BCUT2D eigenvalue weighted by Crippen LogP contribution is -2.50. The summed E-state index contributed by atoms with van der Waals surface area (Å²) in [4.78, 5) is 25.4. The van der Waals surface area contributed by atoms with Gasteiger partial charge in [-0.25, -0.2) is 18.0 Å². The Morgan fingerprint density at radius 2 is 2.04 bits per heavy atom. The average molecular weight is 388 g/mol. The standard InChI is InChI=1S/C15H20N2O6S2/c1-22-14(18)13-12(5-10-24-13)25(20,21)16-7-3-11(4-8-16)17-6-2-9-23-15(17)19/h5,10-11H,2-4,6-9H2,1H3. The van der Waals surface area contributed by atoms with E-state index in [9.17, 15) is 18.0 Å². The van der Waals surface area contributed by atoms with Gasteiger partial charge in [0, 0.05) is 25.7 Å². The highest BCUT2D eigenvalue weighted by Gasteiger charge is 2.36. The van der Waals surface area contributed by atoms with Crippen LogP contribution < -0.4 is 0 Å². The molecule has 0 unspecified atom stereocenters. The van der Waals surface area contributed by atoms with Crippen LogP contribution in [0, 0.1) is 0 Å². The van der Waals surface area contributed by atoms with Crippen molar-refractivity contribution in [1.82, 2.24) is 9.21 Å². The highest BCUT2D eigenvalue weighted by atomic mass is 32.2. The molecule has 2 aliphatic heterocycles. The zero-order valence-electron chi connectivity index (χ0n) is 13.8. The SMILES string of the molecule is COC(=O)c1sccc1S(=O)(=O)N1CCC(N2CCCOC2=O)CC1. The summed E-state index contributed by atoms with van der Waals surface area (Å²) in [6.45, 7) is 1.69. The minimum Gasteiger partial charge on any atom is -0.465 e. The number of nitrogens with zero attached hydrogens (tertiary/aromatic N) is 2. The van der Waals surface area contributed by atoms with Crippen LogP contribution in [-0.4, -0.2) is 69.1 Å². The molecule has 2 saturated heterocycles. The fourth-order valence-corrected chi connectivity index (χ4v) is 5.95. The summed E-state index contributed by atoms with van der Waals surface area (Å²) < 4.78 is 36.8. The van der Waals surface area contributed by atoms with E-state index < -0.39 is 16.0 Å². The molecule has 1 aromatic heterocycles. The molecule has 1 aromatic rings. The van der Waals surface area contributed by atoms with Crippen molar-refractivity contribution in [2.75, 3.05) is 33.4 Å². The van der Waals surface area contributed by atoms with Crippen LogP contribution >= 0.6 is 11.3 Å². The van der Waals surface area contributed by atoms with Gasteiger partial charge in [0.25, 0.3) is 0 Å². The van der Waals surface area contributed by atoms with E-state index in [2.05, 4.69) is 4.74 Å². The lowest BCUT2D eigenvalue weighted by Gasteiger charge is -2.38. The van der Waals surface area contributed by atoms with Crippen LogP contribution in [0.4, 0.5) is 4.79 Å². The molecule has 0 aromatic carbocycles. The number of methoxy groups -OCH3 is 1. The molecule has 0 N–H and O–H groups in total. The zero-order valence-corrected chi connectivity index (χ0v) is 15.5. The quantitative estimate of drug-likeness (QED) is 0.726. The third kappa shape index (κ3) is 3.51. The molecule has 0 saturated carbocycles. The van der Waals surface area contributed by atoms with Gasteiger partial charge < -0.3 is 14.4 Å². The highest BCUT2D eigenvalue weighted by molar-refractivity contribution is 7.89. The Hall–Kier alpha value is -1.65. The minimum atomic E-state index is -3.76. The molecule has 25 heavy (non-hydrogen) atoms. The van der Waals surface area contributed by atoms with Crippen LogP contribution in [0.15, 0.2) is 16.3 Å². The van der Waals surface area contributed by atoms with Gasteiger partial charge in [-0.05, 0) is 30.7 Å². The number of ether oxygens (including phenoxy) is 2. The number of carbonyl (C=O) groups is 2. The molecule has 8 nitrogen and oxygen atoms in total. The Bertz CT molecular complexity index is 752. The molecule has 3 rings (SSSR count). The van der Waals surface area contributed by atoms with Crippen molar-refractivity contribution in [3.63, 3.8) is 0 Å². The first-order chi connectivity index (χ1) is 11.9. The largest absolute Gasteiger partial charge is 0.465 e. The number of hydrogen-bond acceptors (Lipinski definition) is 7. The Morgan fingerprint density at radius 3 is 2.68 bits per heavy atom. The third-order valence-electron chi connectivity index (χ3n) is 4.49. The summed E-state index contributed by atoms with van der Waals surface area (Å²) in [7, 11) is -2.54. The molecule has 0 aliphatic carbocycles. The number of piperidine rings is 1. The fourth-order valence-electron chi connectivity index (χ4n) is 3.18. The van der Waals surface area contributed by atoms with E-state index in [0.717, 1.165) is 17.8 Å². The molecule has 1 amide bonds. The normalized spacial score (nSPS) is 20.4. The van der Waals surface area contributed by atoms with E-state index in [4.69, 9.17) is 4.74 Å². The molecule has 0 spiro atoms. The Morgan fingerprint density at radius 1 is 1.32 bits per heavy atom. The minimum absolute atomic E-state index is 0.0122. The van der Waals surface area contributed by atoms with Gasteiger partial charge in [-0.15, -0.1) is 11.3 Å². The molecule has 0 radical (unpaired) electrons. The molecule has 0 atom stereocenters. The summed E-state index contributed by atoms with van der Waals surface area (Å²) in [5.74, 6) is -0.653. The maximum atomic E-state index is 12.9. The van der Waals surface area contributed by atoms with Crippen molar-refractivity contribution in [1.29, 1.82) is 0 Å². The van der Waals surface area contributed by atoms with Crippen LogP contribution in [0.1, 0.15) is 28.9 Å². The van der Waals surface area contributed by atoms with Gasteiger partial charge in [0.05, 0.1) is 13.7 Å². The van der Waals surface area contributed by atoms with Crippen LogP contribution in [0.2, 0.25) is 0 Å². The van der Waals surface area contributed by atoms with E-state index in [1.165, 1.54) is 17.5 Å². The van der Waals surface area contributed by atoms with E-state index in [0.29, 0.717) is 39.1 Å². The number of thiophene rings is 1. The maximum Gasteiger partial charge on any atom is 0.410 e. The number of hydrogen-bond donors (Lipinski definition) is 0. The molecule has 138 valence electrons. The first-order valence-electron chi connectivity index (χ1n) is 8.04. The van der Waals surface area contributed by atoms with E-state index in [-0.39, 0.29) is 21.9 Å². The number of cyclic esters (lactones) is 1. The second-order valence-electron chi connectivity index (χ2n) is 5.90. The topological polar surface area (TPSA) is 93.2 Å². The van der Waals surface area contributed by atoms with Crippen molar-refractivity contribution in [2.24, 2.45) is 0 Å². The van der Waals surface area contributed by atoms with Gasteiger partial charge in [0.2, 0.25) is 10.0 Å². The van der Waals surface area contributed by atoms with Gasteiger partial charge in [-0.3, -0.25) is 0 Å². The van der Waals surface area contributed by atoms with Crippen molar-refractivity contribution >= 4 is 33.4 Å². The summed E-state index contributed by atoms with van der Waals surface area (Å²) in [6.07, 6.45) is 1.57. The number of sulfonamides is 1. The lowest BCUT2D eigenvalue weighted by atomic mass is 10.0. The molecule has 2 fully saturated rings. The molecular weight excluding hydrogens is 368 g/mol. The Balaban J connectivity index is 1.71. The predicted molar refractivity (Wildman–Crippen MR) is 90.1 cm³/mol. The van der Waals surface area contributed by atoms with Crippen molar-refractivity contribution in [3.05, 3.63) is 16.3 Å². The number of carbonyl (C=O) groups excluding carboxylic acids is 2. The van der Waals surface area contributed by atoms with Crippen LogP contribution in [0.5, 0.6) is 0 Å². The second kappa shape index (κ2) is 7.30. The summed E-state index contributed by atoms with van der Waals surface area (Å²) in [5.41, 5.74) is 0. The third-order valence-corrected chi connectivity index (χ3v) is 7.45. The molecule has 3 heterocycles. The fraction of sp³-hybridized carbons (Fsp3) is 0.600. The Kier molecular flexibility index (Phi) is 5.30. The predicted octanol–water partition coefficient (Wildman–Crippen LogP) is 1.53. The zero-order chi connectivity index (χ0) is 18.0. The van der Waals surface area contributed by atoms with Crippen molar-refractivity contribution in [2.45, 2.75) is 30.2 Å². The summed E-state index contributed by atoms with van der Waals surface area (Å²) >= 11 is 1.05. The lowest BCUT2D eigenvalue weighted by molar-refractivity contribution is 0.0441.